The molecule has 0 fully saturated rings. The molecule has 2 N–H and O–H groups in total. The molecule has 0 radical (unpaired) electrons. The van der Waals surface area contributed by atoms with E-state index in [9.17, 15) is 0 Å². The molecule has 0 aromatic heterocycles. The molecule has 3 heteroatoms. The highest BCUT2D eigenvalue weighted by Crippen LogP contribution is 2.14. The zero-order valence-electron chi connectivity index (χ0n) is 14.2. The molecular formula is C20H26N2S. The number of benzene rings is 2. The molecule has 23 heavy (non-hydrogen) atoms. The predicted octanol–water partition coefficient (Wildman–Crippen LogP) is 4.67. The second-order valence-corrected chi connectivity index (χ2v) is 6.43. The number of hydrogen-bond donors (Lipinski definition) is 2. The van der Waals surface area contributed by atoms with Crippen LogP contribution in [0.5, 0.6) is 0 Å². The lowest BCUT2D eigenvalue weighted by Crippen LogP contribution is -2.36. The Morgan fingerprint density at radius 1 is 1.00 bits per heavy atom. The van der Waals surface area contributed by atoms with Crippen LogP contribution in [0.4, 0.5) is 0 Å². The third kappa shape index (κ3) is 5.68. The van der Waals surface area contributed by atoms with Crippen LogP contribution in [0.2, 0.25) is 0 Å². The maximum absolute atomic E-state index is 5.40. The molecule has 0 aliphatic rings. The highest BCUT2D eigenvalue weighted by atomic mass is 32.1. The van der Waals surface area contributed by atoms with E-state index in [0.29, 0.717) is 5.11 Å². The number of hydrogen-bond acceptors (Lipinski definition) is 1. The normalized spacial score (nSPS) is 11.8. The molecule has 0 heterocycles. The molecule has 0 spiro atoms. The molecule has 2 rings (SSSR count). The SMILES string of the molecule is CCCc1ccc(C(C)NC(=S)NCc2ccc(C)cc2)cc1. The number of thiocarbonyl (C=S) groups is 1. The van der Waals surface area contributed by atoms with E-state index in [2.05, 4.69) is 79.9 Å². The Labute approximate surface area is 145 Å². The quantitative estimate of drug-likeness (QED) is 0.754. The first-order valence-electron chi connectivity index (χ1n) is 8.27. The van der Waals surface area contributed by atoms with Crippen molar-refractivity contribution >= 4 is 17.3 Å². The average molecular weight is 327 g/mol. The van der Waals surface area contributed by atoms with E-state index in [1.807, 2.05) is 0 Å². The van der Waals surface area contributed by atoms with E-state index < -0.39 is 0 Å². The van der Waals surface area contributed by atoms with E-state index in [-0.39, 0.29) is 6.04 Å². The number of rotatable bonds is 6. The standard InChI is InChI=1S/C20H26N2S/c1-4-5-17-10-12-19(13-11-17)16(3)22-20(23)21-14-18-8-6-15(2)7-9-18/h6-13,16H,4-5,14H2,1-3H3,(H2,21,22,23). The Morgan fingerprint density at radius 2 is 1.61 bits per heavy atom. The van der Waals surface area contributed by atoms with Crippen LogP contribution in [-0.2, 0) is 13.0 Å². The molecule has 0 saturated carbocycles. The zero-order chi connectivity index (χ0) is 16.7. The van der Waals surface area contributed by atoms with Crippen molar-refractivity contribution in [3.63, 3.8) is 0 Å². The van der Waals surface area contributed by atoms with Gasteiger partial charge in [0.05, 0.1) is 6.04 Å². The van der Waals surface area contributed by atoms with Crippen molar-refractivity contribution in [1.29, 1.82) is 0 Å². The fourth-order valence-electron chi connectivity index (χ4n) is 2.48. The molecule has 122 valence electrons. The molecular weight excluding hydrogens is 300 g/mol. The second kappa shape index (κ2) is 8.68. The number of aryl methyl sites for hydroxylation is 2. The zero-order valence-corrected chi connectivity index (χ0v) is 15.0. The van der Waals surface area contributed by atoms with Crippen molar-refractivity contribution in [1.82, 2.24) is 10.6 Å². The summed E-state index contributed by atoms with van der Waals surface area (Å²) in [6.45, 7) is 7.18. The van der Waals surface area contributed by atoms with Crippen molar-refractivity contribution in [2.75, 3.05) is 0 Å². The maximum atomic E-state index is 5.40. The summed E-state index contributed by atoms with van der Waals surface area (Å²) in [5.41, 5.74) is 5.15. The molecule has 0 saturated heterocycles. The first-order valence-corrected chi connectivity index (χ1v) is 8.68. The Balaban J connectivity index is 1.82. The minimum absolute atomic E-state index is 0.198. The fourth-order valence-corrected chi connectivity index (χ4v) is 2.73. The van der Waals surface area contributed by atoms with Gasteiger partial charge in [-0.05, 0) is 49.2 Å². The van der Waals surface area contributed by atoms with Crippen LogP contribution in [0, 0.1) is 6.92 Å². The van der Waals surface area contributed by atoms with Gasteiger partial charge in [-0.15, -0.1) is 0 Å². The third-order valence-corrected chi connectivity index (χ3v) is 4.20. The van der Waals surface area contributed by atoms with Crippen molar-refractivity contribution < 1.29 is 0 Å². The van der Waals surface area contributed by atoms with Crippen molar-refractivity contribution in [2.24, 2.45) is 0 Å². The summed E-state index contributed by atoms with van der Waals surface area (Å²) >= 11 is 5.40. The summed E-state index contributed by atoms with van der Waals surface area (Å²) in [4.78, 5) is 0. The van der Waals surface area contributed by atoms with Crippen LogP contribution in [0.25, 0.3) is 0 Å². The Kier molecular flexibility index (Phi) is 6.60. The first kappa shape index (κ1) is 17.5. The van der Waals surface area contributed by atoms with Crippen LogP contribution < -0.4 is 10.6 Å². The van der Waals surface area contributed by atoms with Crippen molar-refractivity contribution in [2.45, 2.75) is 46.2 Å². The lowest BCUT2D eigenvalue weighted by atomic mass is 10.0. The van der Waals surface area contributed by atoms with Gasteiger partial charge in [0.2, 0.25) is 0 Å². The van der Waals surface area contributed by atoms with Gasteiger partial charge in [-0.1, -0.05) is 67.4 Å². The highest BCUT2D eigenvalue weighted by molar-refractivity contribution is 7.80. The Morgan fingerprint density at radius 3 is 2.22 bits per heavy atom. The largest absolute Gasteiger partial charge is 0.359 e. The van der Waals surface area contributed by atoms with Gasteiger partial charge < -0.3 is 10.6 Å². The van der Waals surface area contributed by atoms with Gasteiger partial charge >= 0.3 is 0 Å². The summed E-state index contributed by atoms with van der Waals surface area (Å²) in [5, 5.41) is 7.31. The van der Waals surface area contributed by atoms with Crippen LogP contribution in [-0.4, -0.2) is 5.11 Å². The smallest absolute Gasteiger partial charge is 0.167 e. The highest BCUT2D eigenvalue weighted by Gasteiger charge is 2.07. The summed E-state index contributed by atoms with van der Waals surface area (Å²) in [6, 6.07) is 17.5. The van der Waals surface area contributed by atoms with Crippen LogP contribution in [0.1, 0.15) is 48.6 Å². The van der Waals surface area contributed by atoms with E-state index >= 15 is 0 Å². The summed E-state index contributed by atoms with van der Waals surface area (Å²) < 4.78 is 0. The minimum atomic E-state index is 0.198. The van der Waals surface area contributed by atoms with Crippen LogP contribution >= 0.6 is 12.2 Å². The second-order valence-electron chi connectivity index (χ2n) is 6.03. The van der Waals surface area contributed by atoms with Crippen molar-refractivity contribution in [3.05, 3.63) is 70.8 Å². The monoisotopic (exact) mass is 326 g/mol. The molecule has 1 unspecified atom stereocenters. The molecule has 0 bridgehead atoms. The van der Waals surface area contributed by atoms with Gasteiger partial charge in [0, 0.05) is 6.54 Å². The maximum Gasteiger partial charge on any atom is 0.167 e. The molecule has 1 atom stereocenters. The molecule has 2 aromatic carbocycles. The van der Waals surface area contributed by atoms with Gasteiger partial charge in [0.1, 0.15) is 0 Å². The topological polar surface area (TPSA) is 24.1 Å². The lowest BCUT2D eigenvalue weighted by molar-refractivity contribution is 0.697. The van der Waals surface area contributed by atoms with E-state index in [4.69, 9.17) is 12.2 Å². The van der Waals surface area contributed by atoms with Crippen molar-refractivity contribution in [3.8, 4) is 0 Å². The Bertz CT molecular complexity index is 617. The molecule has 0 aliphatic heterocycles. The first-order chi connectivity index (χ1) is 11.1. The van der Waals surface area contributed by atoms with Gasteiger partial charge in [-0.25, -0.2) is 0 Å². The van der Waals surface area contributed by atoms with Gasteiger partial charge in [-0.2, -0.15) is 0 Å². The van der Waals surface area contributed by atoms with E-state index in [0.717, 1.165) is 13.0 Å². The summed E-state index contributed by atoms with van der Waals surface area (Å²) in [6.07, 6.45) is 2.32. The fraction of sp³-hybridized carbons (Fsp3) is 0.350. The van der Waals surface area contributed by atoms with E-state index in [1.54, 1.807) is 0 Å². The molecule has 2 nitrogen and oxygen atoms in total. The van der Waals surface area contributed by atoms with Gasteiger partial charge in [0.15, 0.2) is 5.11 Å². The van der Waals surface area contributed by atoms with Crippen LogP contribution in [0.3, 0.4) is 0 Å². The predicted molar refractivity (Wildman–Crippen MR) is 103 cm³/mol. The van der Waals surface area contributed by atoms with E-state index in [1.165, 1.54) is 28.7 Å². The molecule has 0 aliphatic carbocycles. The average Bonchev–Trinajstić information content (AvgIpc) is 2.55. The molecule has 2 aromatic rings. The third-order valence-electron chi connectivity index (χ3n) is 3.94. The summed E-state index contributed by atoms with van der Waals surface area (Å²) in [5.74, 6) is 0. The summed E-state index contributed by atoms with van der Waals surface area (Å²) in [7, 11) is 0. The molecule has 0 amide bonds. The van der Waals surface area contributed by atoms with Gasteiger partial charge in [-0.3, -0.25) is 0 Å². The lowest BCUT2D eigenvalue weighted by Gasteiger charge is -2.18. The number of nitrogens with one attached hydrogen (secondary N) is 2. The van der Waals surface area contributed by atoms with Crippen LogP contribution in [0.15, 0.2) is 48.5 Å². The Hall–Kier alpha value is -1.87. The van der Waals surface area contributed by atoms with Gasteiger partial charge in [0.25, 0.3) is 0 Å². The minimum Gasteiger partial charge on any atom is -0.359 e.